The molecule has 0 aliphatic carbocycles. The summed E-state index contributed by atoms with van der Waals surface area (Å²) in [7, 11) is 1.60. The van der Waals surface area contributed by atoms with Gasteiger partial charge in [-0.3, -0.25) is 4.57 Å². The second kappa shape index (κ2) is 5.54. The summed E-state index contributed by atoms with van der Waals surface area (Å²) in [5.74, 6) is 1.13. The van der Waals surface area contributed by atoms with Crippen LogP contribution < -0.4 is 4.74 Å². The van der Waals surface area contributed by atoms with Crippen LogP contribution in [-0.4, -0.2) is 16.7 Å². The van der Waals surface area contributed by atoms with Crippen molar-refractivity contribution in [2.75, 3.05) is 7.11 Å². The molecule has 0 spiro atoms. The molecule has 3 nitrogen and oxygen atoms in total. The molecule has 2 aromatic carbocycles. The van der Waals surface area contributed by atoms with E-state index in [1.165, 1.54) is 6.07 Å². The first-order valence-electron chi connectivity index (χ1n) is 6.21. The average molecular weight is 325 g/mol. The predicted molar refractivity (Wildman–Crippen MR) is 82.1 cm³/mol. The number of rotatable bonds is 3. The van der Waals surface area contributed by atoms with Gasteiger partial charge in [-0.2, -0.15) is 0 Å². The number of aromatic nitrogens is 2. The van der Waals surface area contributed by atoms with Crippen molar-refractivity contribution in [1.29, 1.82) is 0 Å². The van der Waals surface area contributed by atoms with Gasteiger partial charge in [0.15, 0.2) is 0 Å². The third-order valence-electron chi connectivity index (χ3n) is 3.21. The van der Waals surface area contributed by atoms with Crippen LogP contribution in [0.5, 0.6) is 5.75 Å². The first kappa shape index (κ1) is 14.2. The molecule has 1 heterocycles. The van der Waals surface area contributed by atoms with Crippen LogP contribution in [0.2, 0.25) is 5.02 Å². The monoisotopic (exact) mass is 324 g/mol. The van der Waals surface area contributed by atoms with E-state index in [2.05, 4.69) is 4.98 Å². The maximum atomic E-state index is 13.4. The van der Waals surface area contributed by atoms with Crippen molar-refractivity contribution >= 4 is 34.2 Å². The summed E-state index contributed by atoms with van der Waals surface area (Å²) in [5, 5.41) is 0.0535. The summed E-state index contributed by atoms with van der Waals surface area (Å²) in [6.45, 7) is 0. The van der Waals surface area contributed by atoms with Crippen LogP contribution in [0.1, 0.15) is 5.82 Å². The van der Waals surface area contributed by atoms with Crippen molar-refractivity contribution in [2.45, 2.75) is 5.88 Å². The lowest BCUT2D eigenvalue weighted by Crippen LogP contribution is -1.99. The molecule has 108 valence electrons. The van der Waals surface area contributed by atoms with Gasteiger partial charge in [0.2, 0.25) is 0 Å². The summed E-state index contributed by atoms with van der Waals surface area (Å²) < 4.78 is 20.4. The molecule has 6 heteroatoms. The van der Waals surface area contributed by atoms with Crippen molar-refractivity contribution in [3.05, 3.63) is 53.1 Å². The zero-order valence-electron chi connectivity index (χ0n) is 11.1. The Morgan fingerprint density at radius 1 is 1.24 bits per heavy atom. The maximum absolute atomic E-state index is 13.4. The van der Waals surface area contributed by atoms with E-state index in [9.17, 15) is 4.39 Å². The van der Waals surface area contributed by atoms with Crippen molar-refractivity contribution in [3.63, 3.8) is 0 Å². The molecule has 0 aliphatic rings. The second-order valence-corrected chi connectivity index (χ2v) is 5.12. The van der Waals surface area contributed by atoms with Crippen molar-refractivity contribution < 1.29 is 9.13 Å². The molecule has 21 heavy (non-hydrogen) atoms. The minimum atomic E-state index is -0.463. The fourth-order valence-electron chi connectivity index (χ4n) is 2.23. The minimum Gasteiger partial charge on any atom is -0.497 e. The largest absolute Gasteiger partial charge is 0.497 e. The number of fused-ring (bicyclic) bond motifs is 1. The van der Waals surface area contributed by atoms with E-state index in [-0.39, 0.29) is 10.9 Å². The molecule has 3 aromatic rings. The highest BCUT2D eigenvalue weighted by Crippen LogP contribution is 2.28. The van der Waals surface area contributed by atoms with Gasteiger partial charge in [-0.15, -0.1) is 11.6 Å². The number of alkyl halides is 1. The normalized spacial score (nSPS) is 11.0. The molecule has 0 fully saturated rings. The first-order chi connectivity index (χ1) is 10.1. The van der Waals surface area contributed by atoms with Crippen molar-refractivity contribution in [2.24, 2.45) is 0 Å². The highest BCUT2D eigenvalue weighted by Gasteiger charge is 2.13. The van der Waals surface area contributed by atoms with Crippen LogP contribution in [0.3, 0.4) is 0 Å². The van der Waals surface area contributed by atoms with Gasteiger partial charge in [0, 0.05) is 11.8 Å². The van der Waals surface area contributed by atoms with Crippen LogP contribution in [0.15, 0.2) is 36.4 Å². The fraction of sp³-hybridized carbons (Fsp3) is 0.133. The number of halogens is 3. The quantitative estimate of drug-likeness (QED) is 0.660. The lowest BCUT2D eigenvalue weighted by molar-refractivity contribution is 0.415. The van der Waals surface area contributed by atoms with Gasteiger partial charge in [-0.1, -0.05) is 11.6 Å². The fourth-order valence-corrected chi connectivity index (χ4v) is 2.59. The topological polar surface area (TPSA) is 27.1 Å². The molecule has 0 amide bonds. The standard InChI is InChI=1S/C15H11Cl2FN2O/c1-21-10-3-5-13-14(7-10)20(15(8-16)19-13)9-2-4-12(18)11(17)6-9/h2-7H,8H2,1H3. The highest BCUT2D eigenvalue weighted by atomic mass is 35.5. The molecule has 0 saturated carbocycles. The number of ether oxygens (including phenoxy) is 1. The van der Waals surface area contributed by atoms with Gasteiger partial charge in [0.05, 0.1) is 29.0 Å². The molecule has 0 unspecified atom stereocenters. The van der Waals surface area contributed by atoms with E-state index in [0.29, 0.717) is 17.3 Å². The molecule has 0 N–H and O–H groups in total. The molecule has 0 bridgehead atoms. The molecule has 3 rings (SSSR count). The zero-order valence-corrected chi connectivity index (χ0v) is 12.6. The number of hydrogen-bond acceptors (Lipinski definition) is 2. The van der Waals surface area contributed by atoms with Gasteiger partial charge < -0.3 is 4.74 Å². The molecular formula is C15H11Cl2FN2O. The Kier molecular flexibility index (Phi) is 3.74. The molecule has 0 aliphatic heterocycles. The third-order valence-corrected chi connectivity index (χ3v) is 3.74. The van der Waals surface area contributed by atoms with Gasteiger partial charge in [0.1, 0.15) is 17.4 Å². The van der Waals surface area contributed by atoms with Crippen LogP contribution in [0.25, 0.3) is 16.7 Å². The van der Waals surface area contributed by atoms with E-state index < -0.39 is 5.82 Å². The first-order valence-corrected chi connectivity index (χ1v) is 7.12. The Labute approximate surface area is 130 Å². The Bertz CT molecular complexity index is 817. The van der Waals surface area contributed by atoms with E-state index in [0.717, 1.165) is 11.0 Å². The van der Waals surface area contributed by atoms with Crippen LogP contribution in [-0.2, 0) is 5.88 Å². The van der Waals surface area contributed by atoms with E-state index in [4.69, 9.17) is 27.9 Å². The van der Waals surface area contributed by atoms with Crippen LogP contribution in [0, 0.1) is 5.82 Å². The average Bonchev–Trinajstić information content (AvgIpc) is 2.87. The van der Waals surface area contributed by atoms with Crippen molar-refractivity contribution in [3.8, 4) is 11.4 Å². The van der Waals surface area contributed by atoms with E-state index in [1.54, 1.807) is 19.2 Å². The SMILES string of the molecule is COc1ccc2nc(CCl)n(-c3ccc(F)c(Cl)c3)c2c1. The van der Waals surface area contributed by atoms with Crippen molar-refractivity contribution in [1.82, 2.24) is 9.55 Å². The summed E-state index contributed by atoms with van der Waals surface area (Å²) in [6.07, 6.45) is 0. The van der Waals surface area contributed by atoms with Crippen LogP contribution >= 0.6 is 23.2 Å². The smallest absolute Gasteiger partial charge is 0.141 e. The Balaban J connectivity index is 2.30. The number of benzene rings is 2. The Hall–Kier alpha value is -1.78. The number of nitrogens with zero attached hydrogens (tertiary/aromatic N) is 2. The zero-order chi connectivity index (χ0) is 15.0. The van der Waals surface area contributed by atoms with Gasteiger partial charge in [0.25, 0.3) is 0 Å². The summed E-state index contributed by atoms with van der Waals surface area (Å²) in [5.41, 5.74) is 2.31. The van der Waals surface area contributed by atoms with E-state index >= 15 is 0 Å². The number of hydrogen-bond donors (Lipinski definition) is 0. The lowest BCUT2D eigenvalue weighted by Gasteiger charge is -2.09. The highest BCUT2D eigenvalue weighted by molar-refractivity contribution is 6.30. The van der Waals surface area contributed by atoms with Gasteiger partial charge in [-0.05, 0) is 30.3 Å². The van der Waals surface area contributed by atoms with Crippen LogP contribution in [0.4, 0.5) is 4.39 Å². The predicted octanol–water partition coefficient (Wildman–Crippen LogP) is 4.57. The van der Waals surface area contributed by atoms with E-state index in [1.807, 2.05) is 22.8 Å². The molecule has 0 saturated heterocycles. The maximum Gasteiger partial charge on any atom is 0.141 e. The molecule has 0 radical (unpaired) electrons. The molecule has 0 atom stereocenters. The second-order valence-electron chi connectivity index (χ2n) is 4.45. The lowest BCUT2D eigenvalue weighted by atomic mass is 10.2. The van der Waals surface area contributed by atoms with Gasteiger partial charge >= 0.3 is 0 Å². The Morgan fingerprint density at radius 2 is 2.05 bits per heavy atom. The van der Waals surface area contributed by atoms with Gasteiger partial charge in [-0.25, -0.2) is 9.37 Å². The molecule has 1 aromatic heterocycles. The minimum absolute atomic E-state index is 0.0535. The molecular weight excluding hydrogens is 314 g/mol. The summed E-state index contributed by atoms with van der Waals surface area (Å²) in [4.78, 5) is 4.47. The number of methoxy groups -OCH3 is 1. The summed E-state index contributed by atoms with van der Waals surface area (Å²) in [6, 6.07) is 10.0. The summed E-state index contributed by atoms with van der Waals surface area (Å²) >= 11 is 11.8. The third kappa shape index (κ3) is 2.45. The Morgan fingerprint density at radius 3 is 2.71 bits per heavy atom. The number of imidazole rings is 1.